The van der Waals surface area contributed by atoms with Crippen LogP contribution in [0.25, 0.3) is 0 Å². The Kier molecular flexibility index (Phi) is 7.68. The van der Waals surface area contributed by atoms with Crippen molar-refractivity contribution in [2.24, 2.45) is 5.92 Å². The van der Waals surface area contributed by atoms with Crippen molar-refractivity contribution in [3.63, 3.8) is 0 Å². The zero-order valence-corrected chi connectivity index (χ0v) is 16.1. The molecule has 0 radical (unpaired) electrons. The summed E-state index contributed by atoms with van der Waals surface area (Å²) in [5, 5.41) is 6.91. The van der Waals surface area contributed by atoms with Gasteiger partial charge in [-0.3, -0.25) is 0 Å². The maximum Gasteiger partial charge on any atom is 0.317 e. The lowest BCUT2D eigenvalue weighted by molar-refractivity contribution is 0.190. The third-order valence-electron chi connectivity index (χ3n) is 4.58. The van der Waals surface area contributed by atoms with E-state index in [0.29, 0.717) is 17.6 Å². The van der Waals surface area contributed by atoms with Crippen LogP contribution in [-0.4, -0.2) is 59.2 Å². The van der Waals surface area contributed by atoms with Crippen molar-refractivity contribution < 1.29 is 9.32 Å². The Labute approximate surface area is 151 Å². The summed E-state index contributed by atoms with van der Waals surface area (Å²) < 4.78 is 5.27. The van der Waals surface area contributed by atoms with Gasteiger partial charge >= 0.3 is 6.03 Å². The fraction of sp³-hybridized carbons (Fsp3) is 0.833. The van der Waals surface area contributed by atoms with Crippen molar-refractivity contribution in [2.75, 3.05) is 33.2 Å². The molecule has 1 aliphatic heterocycles. The third-order valence-corrected chi connectivity index (χ3v) is 4.58. The minimum absolute atomic E-state index is 0.106. The van der Waals surface area contributed by atoms with Crippen molar-refractivity contribution in [3.8, 4) is 0 Å². The Morgan fingerprint density at radius 2 is 1.92 bits per heavy atom. The highest BCUT2D eigenvalue weighted by atomic mass is 16.5. The molecule has 1 aromatic rings. The summed E-state index contributed by atoms with van der Waals surface area (Å²) in [6, 6.07) is -0.396. The molecule has 1 atom stereocenters. The third kappa shape index (κ3) is 6.65. The lowest BCUT2D eigenvalue weighted by Gasteiger charge is -2.25. The van der Waals surface area contributed by atoms with Crippen molar-refractivity contribution in [3.05, 3.63) is 11.7 Å². The molecule has 1 unspecified atom stereocenters. The molecule has 0 saturated carbocycles. The average Bonchev–Trinajstić information content (AvgIpc) is 2.86. The molecule has 1 N–H and O–H groups in total. The van der Waals surface area contributed by atoms with Crippen LogP contribution in [0, 0.1) is 5.92 Å². The minimum atomic E-state index is -0.290. The number of likely N-dealkylation sites (N-methyl/N-ethyl adjacent to an activating group) is 1. The highest BCUT2D eigenvalue weighted by Gasteiger charge is 2.19. The van der Waals surface area contributed by atoms with E-state index in [0.717, 1.165) is 32.6 Å². The summed E-state index contributed by atoms with van der Waals surface area (Å²) in [7, 11) is 1.83. The van der Waals surface area contributed by atoms with Gasteiger partial charge in [-0.25, -0.2) is 4.79 Å². The summed E-state index contributed by atoms with van der Waals surface area (Å²) in [6.45, 7) is 10.0. The molecule has 0 spiro atoms. The SMILES string of the molecule is CC(C)Cc1noc(C(C)NC(=O)N(C)CCN2CCCCCC2)n1. The van der Waals surface area contributed by atoms with E-state index in [1.807, 2.05) is 14.0 Å². The van der Waals surface area contributed by atoms with Gasteiger partial charge in [-0.1, -0.05) is 31.8 Å². The Morgan fingerprint density at radius 3 is 2.56 bits per heavy atom. The van der Waals surface area contributed by atoms with Crippen LogP contribution in [-0.2, 0) is 6.42 Å². The zero-order valence-electron chi connectivity index (χ0n) is 16.1. The smallest absolute Gasteiger partial charge is 0.317 e. The van der Waals surface area contributed by atoms with Crippen LogP contribution in [0.4, 0.5) is 4.79 Å². The largest absolute Gasteiger partial charge is 0.337 e. The first-order valence-electron chi connectivity index (χ1n) is 9.52. The van der Waals surface area contributed by atoms with Crippen molar-refractivity contribution in [1.29, 1.82) is 0 Å². The molecule has 0 aromatic carbocycles. The topological polar surface area (TPSA) is 74.5 Å². The lowest BCUT2D eigenvalue weighted by atomic mass is 10.1. The number of nitrogens with one attached hydrogen (secondary N) is 1. The molecule has 1 fully saturated rings. The van der Waals surface area contributed by atoms with Gasteiger partial charge in [0.25, 0.3) is 0 Å². The van der Waals surface area contributed by atoms with Crippen LogP contribution in [0.1, 0.15) is 64.2 Å². The number of urea groups is 1. The van der Waals surface area contributed by atoms with E-state index in [9.17, 15) is 4.79 Å². The van der Waals surface area contributed by atoms with E-state index < -0.39 is 0 Å². The summed E-state index contributed by atoms with van der Waals surface area (Å²) in [5.74, 6) is 1.63. The molecule has 2 rings (SSSR count). The summed E-state index contributed by atoms with van der Waals surface area (Å²) in [5.41, 5.74) is 0. The molecule has 7 heteroatoms. The van der Waals surface area contributed by atoms with Crippen molar-refractivity contribution >= 4 is 6.03 Å². The van der Waals surface area contributed by atoms with Crippen LogP contribution in [0.5, 0.6) is 0 Å². The van der Waals surface area contributed by atoms with E-state index in [4.69, 9.17) is 4.52 Å². The highest BCUT2D eigenvalue weighted by Crippen LogP contribution is 2.12. The Bertz CT molecular complexity index is 523. The maximum atomic E-state index is 12.4. The summed E-state index contributed by atoms with van der Waals surface area (Å²) >= 11 is 0. The Hall–Kier alpha value is -1.63. The molecule has 7 nitrogen and oxygen atoms in total. The van der Waals surface area contributed by atoms with Gasteiger partial charge in [0.05, 0.1) is 0 Å². The van der Waals surface area contributed by atoms with E-state index in [1.54, 1.807) is 4.90 Å². The van der Waals surface area contributed by atoms with Gasteiger partial charge in [0.15, 0.2) is 5.82 Å². The standard InChI is InChI=1S/C18H33N5O2/c1-14(2)13-16-20-17(25-21-16)15(3)19-18(24)22(4)11-12-23-9-7-5-6-8-10-23/h14-15H,5-13H2,1-4H3,(H,19,24). The number of rotatable bonds is 7. The van der Waals surface area contributed by atoms with Gasteiger partial charge in [-0.15, -0.1) is 0 Å². The molecule has 0 aliphatic carbocycles. The number of nitrogens with zero attached hydrogens (tertiary/aromatic N) is 4. The van der Waals surface area contributed by atoms with Gasteiger partial charge in [0.1, 0.15) is 6.04 Å². The predicted molar refractivity (Wildman–Crippen MR) is 97.3 cm³/mol. The maximum absolute atomic E-state index is 12.4. The lowest BCUT2D eigenvalue weighted by Crippen LogP contribution is -2.42. The average molecular weight is 351 g/mol. The molecule has 1 aromatic heterocycles. The second-order valence-corrected chi connectivity index (χ2v) is 7.50. The normalized spacial score (nSPS) is 17.3. The summed E-state index contributed by atoms with van der Waals surface area (Å²) in [4.78, 5) is 20.9. The van der Waals surface area contributed by atoms with Gasteiger partial charge in [0.2, 0.25) is 5.89 Å². The molecule has 0 bridgehead atoms. The second-order valence-electron chi connectivity index (χ2n) is 7.50. The number of amides is 2. The van der Waals surface area contributed by atoms with Crippen LogP contribution in [0.2, 0.25) is 0 Å². The molecule has 25 heavy (non-hydrogen) atoms. The molecule has 1 saturated heterocycles. The molecule has 2 heterocycles. The van der Waals surface area contributed by atoms with E-state index >= 15 is 0 Å². The minimum Gasteiger partial charge on any atom is -0.337 e. The van der Waals surface area contributed by atoms with Crippen LogP contribution in [0.15, 0.2) is 4.52 Å². The summed E-state index contributed by atoms with van der Waals surface area (Å²) in [6.07, 6.45) is 5.96. The van der Waals surface area contributed by atoms with Gasteiger partial charge in [0, 0.05) is 26.6 Å². The second kappa shape index (κ2) is 9.75. The van der Waals surface area contributed by atoms with Crippen molar-refractivity contribution in [1.82, 2.24) is 25.3 Å². The molecular formula is C18H33N5O2. The first-order chi connectivity index (χ1) is 12.0. The zero-order chi connectivity index (χ0) is 18.2. The van der Waals surface area contributed by atoms with Crippen LogP contribution in [0.3, 0.4) is 0 Å². The molecule has 142 valence electrons. The first kappa shape index (κ1) is 19.7. The van der Waals surface area contributed by atoms with Crippen molar-refractivity contribution in [2.45, 2.75) is 58.9 Å². The number of hydrogen-bond acceptors (Lipinski definition) is 5. The fourth-order valence-corrected chi connectivity index (χ4v) is 3.00. The molecule has 2 amide bonds. The quantitative estimate of drug-likeness (QED) is 0.817. The number of carbonyl (C=O) groups excluding carboxylic acids is 1. The molecule has 1 aliphatic rings. The predicted octanol–water partition coefficient (Wildman–Crippen LogP) is 2.85. The number of carbonyl (C=O) groups is 1. The highest BCUT2D eigenvalue weighted by molar-refractivity contribution is 5.74. The van der Waals surface area contributed by atoms with Crippen LogP contribution >= 0.6 is 0 Å². The van der Waals surface area contributed by atoms with Gasteiger partial charge in [-0.2, -0.15) is 4.98 Å². The van der Waals surface area contributed by atoms with Gasteiger partial charge < -0.3 is 19.6 Å². The van der Waals surface area contributed by atoms with E-state index in [-0.39, 0.29) is 12.1 Å². The Morgan fingerprint density at radius 1 is 1.24 bits per heavy atom. The Balaban J connectivity index is 1.76. The number of hydrogen-bond donors (Lipinski definition) is 1. The monoisotopic (exact) mass is 351 g/mol. The van der Waals surface area contributed by atoms with Gasteiger partial charge in [-0.05, 0) is 38.8 Å². The molecular weight excluding hydrogens is 318 g/mol. The van der Waals surface area contributed by atoms with E-state index in [1.165, 1.54) is 25.7 Å². The van der Waals surface area contributed by atoms with E-state index in [2.05, 4.69) is 34.2 Å². The number of likely N-dealkylation sites (tertiary alicyclic amines) is 1. The number of aromatic nitrogens is 2. The first-order valence-corrected chi connectivity index (χ1v) is 9.52. The van der Waals surface area contributed by atoms with Crippen LogP contribution < -0.4 is 5.32 Å². The fourth-order valence-electron chi connectivity index (χ4n) is 3.00.